The standard InChI is InChI=1S/C16H18F2N2O2/c1-16(2,3)22-14(21)7-11-9-19-20(10-11)13-6-4-5-12(8-13)15(17)18/h4-6,8-10,15H,7H2,1-3H3. The summed E-state index contributed by atoms with van der Waals surface area (Å²) in [5.41, 5.74) is 0.574. The number of rotatable bonds is 4. The van der Waals surface area contributed by atoms with Crippen molar-refractivity contribution in [3.63, 3.8) is 0 Å². The summed E-state index contributed by atoms with van der Waals surface area (Å²) in [6, 6.07) is 5.95. The molecule has 1 heterocycles. The van der Waals surface area contributed by atoms with Gasteiger partial charge in [0.25, 0.3) is 6.43 Å². The minimum Gasteiger partial charge on any atom is -0.460 e. The number of ether oxygens (including phenoxy) is 1. The van der Waals surface area contributed by atoms with Crippen molar-refractivity contribution in [2.45, 2.75) is 39.2 Å². The zero-order chi connectivity index (χ0) is 16.3. The highest BCUT2D eigenvalue weighted by atomic mass is 19.3. The average Bonchev–Trinajstić information content (AvgIpc) is 2.85. The molecule has 0 unspecified atom stereocenters. The summed E-state index contributed by atoms with van der Waals surface area (Å²) >= 11 is 0. The van der Waals surface area contributed by atoms with E-state index in [1.54, 1.807) is 39.1 Å². The number of hydrogen-bond acceptors (Lipinski definition) is 3. The quantitative estimate of drug-likeness (QED) is 0.809. The van der Waals surface area contributed by atoms with E-state index in [4.69, 9.17) is 4.74 Å². The SMILES string of the molecule is CC(C)(C)OC(=O)Cc1cnn(-c2cccc(C(F)F)c2)c1. The van der Waals surface area contributed by atoms with Gasteiger partial charge >= 0.3 is 5.97 Å². The van der Waals surface area contributed by atoms with Crippen LogP contribution < -0.4 is 0 Å². The van der Waals surface area contributed by atoms with Gasteiger partial charge in [0, 0.05) is 17.3 Å². The molecular weight excluding hydrogens is 290 g/mol. The predicted octanol–water partition coefficient (Wildman–Crippen LogP) is 3.69. The third-order valence-corrected chi connectivity index (χ3v) is 2.79. The van der Waals surface area contributed by atoms with Gasteiger partial charge in [-0.15, -0.1) is 0 Å². The molecule has 0 aliphatic carbocycles. The highest BCUT2D eigenvalue weighted by Crippen LogP contribution is 2.21. The summed E-state index contributed by atoms with van der Waals surface area (Å²) in [5, 5.41) is 4.10. The lowest BCUT2D eigenvalue weighted by molar-refractivity contribution is -0.153. The van der Waals surface area contributed by atoms with Crippen molar-refractivity contribution in [3.05, 3.63) is 47.8 Å². The first-order chi connectivity index (χ1) is 10.2. The molecule has 0 fully saturated rings. The number of benzene rings is 1. The third-order valence-electron chi connectivity index (χ3n) is 2.79. The molecule has 0 aliphatic rings. The fraction of sp³-hybridized carbons (Fsp3) is 0.375. The van der Waals surface area contributed by atoms with Crippen LogP contribution in [-0.2, 0) is 16.0 Å². The Hall–Kier alpha value is -2.24. The highest BCUT2D eigenvalue weighted by molar-refractivity contribution is 5.72. The zero-order valence-corrected chi connectivity index (χ0v) is 12.7. The van der Waals surface area contributed by atoms with E-state index in [0.717, 1.165) is 0 Å². The molecule has 0 aliphatic heterocycles. The summed E-state index contributed by atoms with van der Waals surface area (Å²) < 4.78 is 32.1. The molecule has 1 aromatic carbocycles. The molecule has 2 rings (SSSR count). The van der Waals surface area contributed by atoms with Gasteiger partial charge in [-0.1, -0.05) is 12.1 Å². The second-order valence-electron chi connectivity index (χ2n) is 5.95. The van der Waals surface area contributed by atoms with Crippen LogP contribution >= 0.6 is 0 Å². The molecule has 0 radical (unpaired) electrons. The third kappa shape index (κ3) is 4.38. The van der Waals surface area contributed by atoms with Crippen molar-refractivity contribution in [2.24, 2.45) is 0 Å². The van der Waals surface area contributed by atoms with Crippen LogP contribution in [-0.4, -0.2) is 21.4 Å². The molecule has 0 saturated heterocycles. The Morgan fingerprint density at radius 1 is 1.36 bits per heavy atom. The van der Waals surface area contributed by atoms with Gasteiger partial charge in [-0.25, -0.2) is 13.5 Å². The lowest BCUT2D eigenvalue weighted by atomic mass is 10.2. The van der Waals surface area contributed by atoms with Gasteiger partial charge in [0.15, 0.2) is 0 Å². The van der Waals surface area contributed by atoms with E-state index < -0.39 is 12.0 Å². The molecule has 0 spiro atoms. The van der Waals surface area contributed by atoms with Gasteiger partial charge in [-0.3, -0.25) is 4.79 Å². The maximum Gasteiger partial charge on any atom is 0.310 e. The Bertz CT molecular complexity index is 660. The fourth-order valence-corrected chi connectivity index (χ4v) is 1.94. The first-order valence-corrected chi connectivity index (χ1v) is 6.88. The van der Waals surface area contributed by atoms with E-state index in [9.17, 15) is 13.6 Å². The number of carbonyl (C=O) groups is 1. The van der Waals surface area contributed by atoms with E-state index in [2.05, 4.69) is 5.10 Å². The number of nitrogens with zero attached hydrogens (tertiary/aromatic N) is 2. The van der Waals surface area contributed by atoms with Gasteiger partial charge < -0.3 is 4.74 Å². The van der Waals surface area contributed by atoms with Crippen LogP contribution in [0.4, 0.5) is 8.78 Å². The smallest absolute Gasteiger partial charge is 0.310 e. The zero-order valence-electron chi connectivity index (χ0n) is 12.7. The van der Waals surface area contributed by atoms with E-state index >= 15 is 0 Å². The topological polar surface area (TPSA) is 44.1 Å². The molecule has 1 aromatic heterocycles. The summed E-state index contributed by atoms with van der Waals surface area (Å²) in [4.78, 5) is 11.8. The minimum absolute atomic E-state index is 0.0679. The van der Waals surface area contributed by atoms with Gasteiger partial charge in [0.2, 0.25) is 0 Å². The Balaban J connectivity index is 2.11. The average molecular weight is 308 g/mol. The van der Waals surface area contributed by atoms with E-state index in [1.807, 2.05) is 0 Å². The molecule has 0 saturated carbocycles. The van der Waals surface area contributed by atoms with Crippen LogP contribution in [0.1, 0.15) is 38.3 Å². The van der Waals surface area contributed by atoms with Gasteiger partial charge in [-0.05, 0) is 32.9 Å². The molecule has 0 N–H and O–H groups in total. The Morgan fingerprint density at radius 3 is 2.73 bits per heavy atom. The lowest BCUT2D eigenvalue weighted by Gasteiger charge is -2.19. The molecular formula is C16H18F2N2O2. The number of aromatic nitrogens is 2. The Morgan fingerprint density at radius 2 is 2.09 bits per heavy atom. The number of hydrogen-bond donors (Lipinski definition) is 0. The number of carbonyl (C=O) groups excluding carboxylic acids is 1. The van der Waals surface area contributed by atoms with Crippen molar-refractivity contribution in [1.29, 1.82) is 0 Å². The molecule has 118 valence electrons. The van der Waals surface area contributed by atoms with Crippen molar-refractivity contribution < 1.29 is 18.3 Å². The van der Waals surface area contributed by atoms with E-state index in [1.165, 1.54) is 23.0 Å². The van der Waals surface area contributed by atoms with Gasteiger partial charge in [-0.2, -0.15) is 5.10 Å². The minimum atomic E-state index is -2.53. The molecule has 4 nitrogen and oxygen atoms in total. The highest BCUT2D eigenvalue weighted by Gasteiger charge is 2.17. The summed E-state index contributed by atoms with van der Waals surface area (Å²) in [6.07, 6.45) is 0.718. The fourth-order valence-electron chi connectivity index (χ4n) is 1.94. The second-order valence-corrected chi connectivity index (χ2v) is 5.95. The number of alkyl halides is 2. The van der Waals surface area contributed by atoms with Crippen LogP contribution in [0.2, 0.25) is 0 Å². The first kappa shape index (κ1) is 16.1. The second kappa shape index (κ2) is 6.25. The molecule has 22 heavy (non-hydrogen) atoms. The molecule has 2 aromatic rings. The Labute approximate surface area is 127 Å². The number of halogens is 2. The predicted molar refractivity (Wildman–Crippen MR) is 78.1 cm³/mol. The normalized spacial score (nSPS) is 11.7. The van der Waals surface area contributed by atoms with Crippen molar-refractivity contribution in [3.8, 4) is 5.69 Å². The van der Waals surface area contributed by atoms with Crippen LogP contribution in [0.5, 0.6) is 0 Å². The van der Waals surface area contributed by atoms with Crippen LogP contribution in [0.25, 0.3) is 5.69 Å². The Kier molecular flexibility index (Phi) is 4.59. The monoisotopic (exact) mass is 308 g/mol. The van der Waals surface area contributed by atoms with E-state index in [-0.39, 0.29) is 18.0 Å². The summed E-state index contributed by atoms with van der Waals surface area (Å²) in [5.74, 6) is -0.353. The van der Waals surface area contributed by atoms with Crippen molar-refractivity contribution >= 4 is 5.97 Å². The van der Waals surface area contributed by atoms with E-state index in [0.29, 0.717) is 11.3 Å². The van der Waals surface area contributed by atoms with Crippen LogP contribution in [0, 0.1) is 0 Å². The van der Waals surface area contributed by atoms with Gasteiger partial charge in [0.1, 0.15) is 5.60 Å². The largest absolute Gasteiger partial charge is 0.460 e. The molecule has 0 bridgehead atoms. The lowest BCUT2D eigenvalue weighted by Crippen LogP contribution is -2.24. The van der Waals surface area contributed by atoms with Crippen LogP contribution in [0.3, 0.4) is 0 Å². The summed E-state index contributed by atoms with van der Waals surface area (Å²) in [6.45, 7) is 5.39. The summed E-state index contributed by atoms with van der Waals surface area (Å²) in [7, 11) is 0. The van der Waals surface area contributed by atoms with Crippen molar-refractivity contribution in [2.75, 3.05) is 0 Å². The maximum atomic E-state index is 12.7. The molecule has 0 amide bonds. The van der Waals surface area contributed by atoms with Crippen LogP contribution in [0.15, 0.2) is 36.7 Å². The molecule has 6 heteroatoms. The van der Waals surface area contributed by atoms with Gasteiger partial charge in [0.05, 0.1) is 18.3 Å². The maximum absolute atomic E-state index is 12.7. The number of esters is 1. The molecule has 0 atom stereocenters. The first-order valence-electron chi connectivity index (χ1n) is 6.88. The van der Waals surface area contributed by atoms with Crippen molar-refractivity contribution in [1.82, 2.24) is 9.78 Å².